The average molecular weight is 445 g/mol. The standard InChI is InChI=1S/C22H24N2O6S/c1-5-30-19(26)13-24-20-16(28-3)9-10-17(29-4)21(20)31-22(24)23-18(25)12-14-7-6-8-15(11-14)27-2/h6-11H,5,12-13H2,1-4H3. The zero-order valence-corrected chi connectivity index (χ0v) is 18.7. The second kappa shape index (κ2) is 10.1. The predicted octanol–water partition coefficient (Wildman–Crippen LogP) is 2.96. The molecule has 0 aliphatic rings. The highest BCUT2D eigenvalue weighted by Gasteiger charge is 2.19. The molecule has 0 atom stereocenters. The molecule has 1 amide bonds. The number of methoxy groups -OCH3 is 3. The van der Waals surface area contributed by atoms with E-state index < -0.39 is 5.97 Å². The number of thiazole rings is 1. The van der Waals surface area contributed by atoms with Gasteiger partial charge >= 0.3 is 5.97 Å². The number of ether oxygens (including phenoxy) is 4. The lowest BCUT2D eigenvalue weighted by Gasteiger charge is -2.10. The molecule has 2 aromatic carbocycles. The van der Waals surface area contributed by atoms with Crippen molar-refractivity contribution in [2.75, 3.05) is 27.9 Å². The van der Waals surface area contributed by atoms with Gasteiger partial charge in [0.25, 0.3) is 5.91 Å². The molecule has 0 fully saturated rings. The van der Waals surface area contributed by atoms with Crippen molar-refractivity contribution in [3.05, 3.63) is 46.8 Å². The number of fused-ring (bicyclic) bond motifs is 1. The third kappa shape index (κ3) is 5.05. The topological polar surface area (TPSA) is 88.4 Å². The fourth-order valence-electron chi connectivity index (χ4n) is 3.13. The Labute approximate surface area is 183 Å². The maximum Gasteiger partial charge on any atom is 0.326 e. The average Bonchev–Trinajstić information content (AvgIpc) is 3.11. The summed E-state index contributed by atoms with van der Waals surface area (Å²) in [5.74, 6) is 1.02. The molecule has 3 aromatic rings. The van der Waals surface area contributed by atoms with Gasteiger partial charge in [0.05, 0.1) is 34.4 Å². The van der Waals surface area contributed by atoms with E-state index in [1.807, 2.05) is 18.2 Å². The molecular weight excluding hydrogens is 420 g/mol. The molecule has 0 unspecified atom stereocenters. The van der Waals surface area contributed by atoms with Gasteiger partial charge in [-0.1, -0.05) is 23.5 Å². The molecule has 0 spiro atoms. The zero-order valence-electron chi connectivity index (χ0n) is 17.8. The van der Waals surface area contributed by atoms with E-state index in [-0.39, 0.29) is 25.5 Å². The molecular formula is C22H24N2O6S. The maximum atomic E-state index is 12.7. The van der Waals surface area contributed by atoms with Crippen molar-refractivity contribution in [3.8, 4) is 17.2 Å². The SMILES string of the molecule is CCOC(=O)Cn1c(=NC(=O)Cc2cccc(OC)c2)sc2c(OC)ccc(OC)c21. The van der Waals surface area contributed by atoms with E-state index in [9.17, 15) is 9.59 Å². The highest BCUT2D eigenvalue weighted by Crippen LogP contribution is 2.35. The van der Waals surface area contributed by atoms with Crippen molar-refractivity contribution in [1.82, 2.24) is 4.57 Å². The fourth-order valence-corrected chi connectivity index (χ4v) is 4.28. The lowest BCUT2D eigenvalue weighted by atomic mass is 10.1. The number of nitrogens with zero attached hydrogens (tertiary/aromatic N) is 2. The number of benzene rings is 2. The molecule has 3 rings (SSSR count). The Balaban J connectivity index is 2.10. The monoisotopic (exact) mass is 444 g/mol. The van der Waals surface area contributed by atoms with Gasteiger partial charge in [-0.05, 0) is 36.8 Å². The minimum atomic E-state index is -0.436. The summed E-state index contributed by atoms with van der Waals surface area (Å²) in [5, 5.41) is 0. The van der Waals surface area contributed by atoms with E-state index in [4.69, 9.17) is 18.9 Å². The molecule has 0 saturated carbocycles. The van der Waals surface area contributed by atoms with Gasteiger partial charge in [-0.2, -0.15) is 4.99 Å². The molecule has 1 heterocycles. The van der Waals surface area contributed by atoms with Gasteiger partial charge in [0, 0.05) is 0 Å². The Bertz CT molecular complexity index is 1160. The Morgan fingerprint density at radius 2 is 1.77 bits per heavy atom. The first-order valence-electron chi connectivity index (χ1n) is 9.61. The summed E-state index contributed by atoms with van der Waals surface area (Å²) in [6.45, 7) is 1.88. The van der Waals surface area contributed by atoms with Gasteiger partial charge in [0.1, 0.15) is 34.0 Å². The van der Waals surface area contributed by atoms with Crippen molar-refractivity contribution in [2.24, 2.45) is 4.99 Å². The van der Waals surface area contributed by atoms with E-state index in [1.165, 1.54) is 11.3 Å². The number of esters is 1. The lowest BCUT2D eigenvalue weighted by Crippen LogP contribution is -2.23. The number of hydrogen-bond acceptors (Lipinski definition) is 7. The first kappa shape index (κ1) is 22.4. The van der Waals surface area contributed by atoms with Crippen LogP contribution in [-0.4, -0.2) is 44.4 Å². The van der Waals surface area contributed by atoms with Crippen molar-refractivity contribution in [3.63, 3.8) is 0 Å². The van der Waals surface area contributed by atoms with Crippen molar-refractivity contribution >= 4 is 33.4 Å². The second-order valence-corrected chi connectivity index (χ2v) is 7.43. The molecule has 9 heteroatoms. The van der Waals surface area contributed by atoms with Crippen LogP contribution in [0.15, 0.2) is 41.4 Å². The van der Waals surface area contributed by atoms with Gasteiger partial charge < -0.3 is 23.5 Å². The molecule has 8 nitrogen and oxygen atoms in total. The summed E-state index contributed by atoms with van der Waals surface area (Å²) in [5.41, 5.74) is 1.40. The quantitative estimate of drug-likeness (QED) is 0.497. The van der Waals surface area contributed by atoms with E-state index in [0.717, 1.165) is 10.3 Å². The van der Waals surface area contributed by atoms with Gasteiger partial charge in [0.15, 0.2) is 4.80 Å². The summed E-state index contributed by atoms with van der Waals surface area (Å²) in [4.78, 5) is 29.6. The number of carbonyl (C=O) groups excluding carboxylic acids is 2. The largest absolute Gasteiger partial charge is 0.497 e. The number of hydrogen-bond donors (Lipinski definition) is 0. The van der Waals surface area contributed by atoms with Crippen LogP contribution in [0.25, 0.3) is 10.2 Å². The number of carbonyl (C=O) groups is 2. The summed E-state index contributed by atoms with van der Waals surface area (Å²) >= 11 is 1.25. The van der Waals surface area contributed by atoms with Crippen LogP contribution < -0.4 is 19.0 Å². The van der Waals surface area contributed by atoms with Crippen LogP contribution in [0.3, 0.4) is 0 Å². The van der Waals surface area contributed by atoms with Gasteiger partial charge in [-0.3, -0.25) is 9.59 Å². The number of aromatic nitrogens is 1. The smallest absolute Gasteiger partial charge is 0.326 e. The molecule has 0 aliphatic carbocycles. The van der Waals surface area contributed by atoms with Crippen LogP contribution in [0.5, 0.6) is 17.2 Å². The Kier molecular flexibility index (Phi) is 7.30. The van der Waals surface area contributed by atoms with E-state index >= 15 is 0 Å². The van der Waals surface area contributed by atoms with Crippen molar-refractivity contribution in [2.45, 2.75) is 19.9 Å². The maximum absolute atomic E-state index is 12.7. The van der Waals surface area contributed by atoms with Crippen LogP contribution >= 0.6 is 11.3 Å². The highest BCUT2D eigenvalue weighted by atomic mass is 32.1. The molecule has 1 aromatic heterocycles. The third-order valence-corrected chi connectivity index (χ3v) is 5.59. The highest BCUT2D eigenvalue weighted by molar-refractivity contribution is 7.16. The van der Waals surface area contributed by atoms with Gasteiger partial charge in [-0.15, -0.1) is 0 Å². The van der Waals surface area contributed by atoms with Gasteiger partial charge in [0.2, 0.25) is 0 Å². The van der Waals surface area contributed by atoms with Crippen molar-refractivity contribution in [1.29, 1.82) is 0 Å². The molecule has 0 radical (unpaired) electrons. The molecule has 0 saturated heterocycles. The molecule has 0 N–H and O–H groups in total. The van der Waals surface area contributed by atoms with Crippen LogP contribution in [0.1, 0.15) is 12.5 Å². The van der Waals surface area contributed by atoms with Gasteiger partial charge in [-0.25, -0.2) is 0 Å². The summed E-state index contributed by atoms with van der Waals surface area (Å²) in [7, 11) is 4.67. The summed E-state index contributed by atoms with van der Waals surface area (Å²) < 4.78 is 23.6. The van der Waals surface area contributed by atoms with Crippen LogP contribution in [-0.2, 0) is 27.3 Å². The predicted molar refractivity (Wildman–Crippen MR) is 117 cm³/mol. The van der Waals surface area contributed by atoms with Crippen LogP contribution in [0.2, 0.25) is 0 Å². The first-order valence-corrected chi connectivity index (χ1v) is 10.4. The Hall–Kier alpha value is -3.33. The third-order valence-electron chi connectivity index (χ3n) is 4.49. The summed E-state index contributed by atoms with van der Waals surface area (Å²) in [6, 6.07) is 10.8. The second-order valence-electron chi connectivity index (χ2n) is 6.46. The summed E-state index contributed by atoms with van der Waals surface area (Å²) in [6.07, 6.45) is 0.0964. The fraction of sp³-hybridized carbons (Fsp3) is 0.318. The van der Waals surface area contributed by atoms with E-state index in [0.29, 0.717) is 27.6 Å². The number of rotatable bonds is 8. The minimum Gasteiger partial charge on any atom is -0.497 e. The van der Waals surface area contributed by atoms with Crippen LogP contribution in [0, 0.1) is 0 Å². The molecule has 164 valence electrons. The molecule has 31 heavy (non-hydrogen) atoms. The Morgan fingerprint density at radius 1 is 1.03 bits per heavy atom. The normalized spacial score (nSPS) is 11.4. The lowest BCUT2D eigenvalue weighted by molar-refractivity contribution is -0.143. The minimum absolute atomic E-state index is 0.0964. The van der Waals surface area contributed by atoms with E-state index in [1.54, 1.807) is 51.0 Å². The Morgan fingerprint density at radius 3 is 2.45 bits per heavy atom. The zero-order chi connectivity index (χ0) is 22.4. The number of amides is 1. The first-order chi connectivity index (χ1) is 15.0. The van der Waals surface area contributed by atoms with Crippen molar-refractivity contribution < 1.29 is 28.5 Å². The van der Waals surface area contributed by atoms with Crippen LogP contribution in [0.4, 0.5) is 0 Å². The molecule has 0 aliphatic heterocycles. The molecule has 0 bridgehead atoms. The van der Waals surface area contributed by atoms with E-state index in [2.05, 4.69) is 4.99 Å².